The summed E-state index contributed by atoms with van der Waals surface area (Å²) < 4.78 is 1.11. The number of aromatic nitrogens is 2. The van der Waals surface area contributed by atoms with Gasteiger partial charge in [0.25, 0.3) is 0 Å². The van der Waals surface area contributed by atoms with Crippen molar-refractivity contribution in [1.29, 1.82) is 0 Å². The summed E-state index contributed by atoms with van der Waals surface area (Å²) in [7, 11) is 0. The van der Waals surface area contributed by atoms with Gasteiger partial charge in [-0.2, -0.15) is 4.98 Å². The minimum absolute atomic E-state index is 0.0507. The summed E-state index contributed by atoms with van der Waals surface area (Å²) in [6.07, 6.45) is 4.88. The van der Waals surface area contributed by atoms with E-state index in [1.54, 1.807) is 19.9 Å². The minimum atomic E-state index is -0.965. The Morgan fingerprint density at radius 2 is 2.12 bits per heavy atom. The molecular formula is C18H21N3O5. The molecule has 0 saturated heterocycles. The second kappa shape index (κ2) is 7.81. The molecule has 138 valence electrons. The molecule has 1 aliphatic carbocycles. The smallest absolute Gasteiger partial charge is 0.354 e. The monoisotopic (exact) mass is 359 g/mol. The first kappa shape index (κ1) is 19.2. The predicted octanol–water partition coefficient (Wildman–Crippen LogP) is 1.90. The molecule has 26 heavy (non-hydrogen) atoms. The summed E-state index contributed by atoms with van der Waals surface area (Å²) in [6.45, 7) is 3.33. The molecular weight excluding hydrogens is 338 g/mol. The van der Waals surface area contributed by atoms with Crippen LogP contribution in [0.1, 0.15) is 33.1 Å². The van der Waals surface area contributed by atoms with Gasteiger partial charge in [0.05, 0.1) is 5.70 Å². The molecule has 0 fully saturated rings. The maximum Gasteiger partial charge on any atom is 0.354 e. The summed E-state index contributed by atoms with van der Waals surface area (Å²) in [4.78, 5) is 39.1. The first-order chi connectivity index (χ1) is 12.2. The van der Waals surface area contributed by atoms with Crippen LogP contribution in [0.5, 0.6) is 0 Å². The van der Waals surface area contributed by atoms with E-state index in [-0.39, 0.29) is 42.3 Å². The van der Waals surface area contributed by atoms with Crippen LogP contribution >= 0.6 is 0 Å². The number of Topliss-reactive ketones (excluding diaryl/α,β-unsaturated/α-hetero) is 1. The summed E-state index contributed by atoms with van der Waals surface area (Å²) in [5.41, 5.74) is 5.84. The van der Waals surface area contributed by atoms with Crippen molar-refractivity contribution in [2.24, 2.45) is 5.92 Å². The van der Waals surface area contributed by atoms with Crippen LogP contribution in [-0.2, 0) is 9.59 Å². The van der Waals surface area contributed by atoms with Gasteiger partial charge in [0.2, 0.25) is 0 Å². The normalized spacial score (nSPS) is 15.8. The summed E-state index contributed by atoms with van der Waals surface area (Å²) in [5.74, 6) is -1.77. The van der Waals surface area contributed by atoms with Gasteiger partial charge in [0.1, 0.15) is 11.6 Å². The molecule has 1 unspecified atom stereocenters. The molecule has 0 amide bonds. The zero-order valence-electron chi connectivity index (χ0n) is 14.6. The zero-order chi connectivity index (χ0) is 19.4. The van der Waals surface area contributed by atoms with Crippen LogP contribution in [0.15, 0.2) is 46.1 Å². The molecule has 0 bridgehead atoms. The number of aliphatic carboxylic acids is 1. The lowest BCUT2D eigenvalue weighted by Gasteiger charge is -2.12. The van der Waals surface area contributed by atoms with E-state index < -0.39 is 17.6 Å². The second-order valence-electron chi connectivity index (χ2n) is 6.20. The van der Waals surface area contributed by atoms with Gasteiger partial charge in [-0.15, -0.1) is 0 Å². The molecule has 8 nitrogen and oxygen atoms in total. The molecule has 8 heteroatoms. The summed E-state index contributed by atoms with van der Waals surface area (Å²) >= 11 is 0. The molecule has 0 saturated carbocycles. The van der Waals surface area contributed by atoms with Crippen LogP contribution in [0.2, 0.25) is 0 Å². The Labute approximate surface area is 150 Å². The maximum atomic E-state index is 12.7. The number of rotatable bonds is 6. The number of allylic oxidation sites excluding steroid dienone is 5. The maximum absolute atomic E-state index is 12.7. The van der Waals surface area contributed by atoms with E-state index in [0.717, 1.165) is 4.57 Å². The third-order valence-electron chi connectivity index (χ3n) is 4.20. The van der Waals surface area contributed by atoms with Gasteiger partial charge in [0, 0.05) is 24.1 Å². The number of nitrogens with zero attached hydrogens (tertiary/aromatic N) is 2. The van der Waals surface area contributed by atoms with Crippen molar-refractivity contribution in [1.82, 2.24) is 9.55 Å². The molecule has 1 aliphatic rings. The van der Waals surface area contributed by atoms with Crippen molar-refractivity contribution in [3.8, 4) is 0 Å². The fourth-order valence-electron chi connectivity index (χ4n) is 2.60. The lowest BCUT2D eigenvalue weighted by molar-refractivity contribution is -0.137. The van der Waals surface area contributed by atoms with Crippen LogP contribution in [0.3, 0.4) is 0 Å². The van der Waals surface area contributed by atoms with E-state index in [0.29, 0.717) is 11.1 Å². The van der Waals surface area contributed by atoms with E-state index >= 15 is 0 Å². The number of carboxylic acids is 1. The molecule has 2 rings (SSSR count). The molecule has 0 aliphatic heterocycles. The number of nitrogen functional groups attached to an aromatic ring is 1. The van der Waals surface area contributed by atoms with Crippen molar-refractivity contribution in [2.75, 3.05) is 5.73 Å². The number of carbonyl (C=O) groups is 2. The largest absolute Gasteiger partial charge is 0.505 e. The second-order valence-corrected chi connectivity index (χ2v) is 6.20. The third-order valence-corrected chi connectivity index (χ3v) is 4.20. The van der Waals surface area contributed by atoms with Gasteiger partial charge < -0.3 is 15.9 Å². The number of aliphatic hydroxyl groups is 1. The van der Waals surface area contributed by atoms with E-state index in [1.807, 2.05) is 0 Å². The van der Waals surface area contributed by atoms with E-state index in [1.165, 1.54) is 18.3 Å². The van der Waals surface area contributed by atoms with Crippen molar-refractivity contribution >= 4 is 23.3 Å². The molecule has 1 aromatic rings. The van der Waals surface area contributed by atoms with Crippen LogP contribution in [0.4, 0.5) is 5.82 Å². The summed E-state index contributed by atoms with van der Waals surface area (Å²) in [6, 6.07) is 1.41. The highest BCUT2D eigenvalue weighted by atomic mass is 16.4. The number of carbonyl (C=O) groups excluding carboxylic acids is 1. The number of hydrogen-bond donors (Lipinski definition) is 3. The standard InChI is InChI=1S/C18H21N3O5/c1-10(4-6-15(22)23)16(24)12-5-3-11(2)17(25)13(9-12)21-8-7-14(19)20-18(21)26/h3,7-10,25H,4-6H2,1-2H3,(H,22,23)(H2,19,20,26). The number of carboxylic acid groups (broad SMARTS) is 1. The highest BCUT2D eigenvalue weighted by Gasteiger charge is 2.22. The minimum Gasteiger partial charge on any atom is -0.505 e. The topological polar surface area (TPSA) is 136 Å². The Hall–Kier alpha value is -3.16. The Kier molecular flexibility index (Phi) is 5.76. The number of ketones is 1. The van der Waals surface area contributed by atoms with Crippen LogP contribution < -0.4 is 11.4 Å². The number of anilines is 1. The van der Waals surface area contributed by atoms with E-state index in [4.69, 9.17) is 10.8 Å². The number of aliphatic hydroxyl groups excluding tert-OH is 1. The average Bonchev–Trinajstić information content (AvgIpc) is 2.72. The van der Waals surface area contributed by atoms with Crippen LogP contribution in [0.25, 0.3) is 5.70 Å². The lowest BCUT2D eigenvalue weighted by atomic mass is 9.93. The quantitative estimate of drug-likeness (QED) is 0.705. The molecule has 1 heterocycles. The van der Waals surface area contributed by atoms with Crippen molar-refractivity contribution < 1.29 is 19.8 Å². The van der Waals surface area contributed by atoms with E-state index in [9.17, 15) is 19.5 Å². The molecule has 4 N–H and O–H groups in total. The Balaban J connectivity index is 2.45. The fraction of sp³-hybridized carbons (Fsp3) is 0.333. The third kappa shape index (κ3) is 4.27. The number of nitrogens with two attached hydrogens (primary N) is 1. The number of hydrogen-bond acceptors (Lipinski definition) is 6. The first-order valence-corrected chi connectivity index (χ1v) is 8.13. The molecule has 0 aromatic carbocycles. The molecule has 0 radical (unpaired) electrons. The van der Waals surface area contributed by atoms with Gasteiger partial charge in [-0.3, -0.25) is 14.2 Å². The van der Waals surface area contributed by atoms with Gasteiger partial charge in [0.15, 0.2) is 5.78 Å². The Morgan fingerprint density at radius 3 is 2.73 bits per heavy atom. The molecule has 1 aromatic heterocycles. The Bertz CT molecular complexity index is 892. The van der Waals surface area contributed by atoms with Crippen LogP contribution in [-0.4, -0.2) is 31.5 Å². The van der Waals surface area contributed by atoms with Crippen molar-refractivity contribution in [2.45, 2.75) is 33.1 Å². The highest BCUT2D eigenvalue weighted by Crippen LogP contribution is 2.26. The van der Waals surface area contributed by atoms with E-state index in [2.05, 4.69) is 4.98 Å². The van der Waals surface area contributed by atoms with Crippen LogP contribution in [0, 0.1) is 5.92 Å². The lowest BCUT2D eigenvalue weighted by Crippen LogP contribution is -2.23. The van der Waals surface area contributed by atoms with Crippen molar-refractivity contribution in [3.05, 3.63) is 51.8 Å². The average molecular weight is 359 g/mol. The molecule has 0 spiro atoms. The highest BCUT2D eigenvalue weighted by molar-refractivity contribution is 5.99. The Morgan fingerprint density at radius 1 is 1.42 bits per heavy atom. The zero-order valence-corrected chi connectivity index (χ0v) is 14.6. The fourth-order valence-corrected chi connectivity index (χ4v) is 2.60. The van der Waals surface area contributed by atoms with Gasteiger partial charge in [-0.1, -0.05) is 13.0 Å². The molecule has 1 atom stereocenters. The first-order valence-electron chi connectivity index (χ1n) is 8.13. The predicted molar refractivity (Wildman–Crippen MR) is 96.3 cm³/mol. The van der Waals surface area contributed by atoms with Gasteiger partial charge >= 0.3 is 11.7 Å². The van der Waals surface area contributed by atoms with Gasteiger partial charge in [-0.25, -0.2) is 4.79 Å². The van der Waals surface area contributed by atoms with Gasteiger partial charge in [-0.05, 0) is 37.5 Å². The van der Waals surface area contributed by atoms with Crippen molar-refractivity contribution in [3.63, 3.8) is 0 Å². The summed E-state index contributed by atoms with van der Waals surface area (Å²) in [5, 5.41) is 19.2. The SMILES string of the molecule is CC1=CCC(C(=O)C(C)CCC(=O)O)=CC(n2ccc(N)nc2=O)=C1O.